The van der Waals surface area contributed by atoms with E-state index in [2.05, 4.69) is 0 Å². The Bertz CT molecular complexity index is 1560. The molecule has 0 amide bonds. The topological polar surface area (TPSA) is 160 Å². The Morgan fingerprint density at radius 2 is 1.36 bits per heavy atom. The number of aliphatic hydroxyl groups excluding tert-OH is 1. The molecule has 0 aliphatic carbocycles. The van der Waals surface area contributed by atoms with E-state index in [1.165, 1.54) is 36.4 Å². The first kappa shape index (κ1) is 24.6. The highest BCUT2D eigenvalue weighted by Gasteiger charge is 2.40. The average molecular weight is 531 g/mol. The third kappa shape index (κ3) is 4.26. The van der Waals surface area contributed by atoms with Crippen LogP contribution in [-0.4, -0.2) is 41.8 Å². The molecule has 4 aromatic rings. The van der Waals surface area contributed by atoms with Gasteiger partial charge in [-0.1, -0.05) is 24.3 Å². The Balaban J connectivity index is 1.49. The van der Waals surface area contributed by atoms with Crippen LogP contribution in [0.25, 0.3) is 0 Å². The lowest BCUT2D eigenvalue weighted by atomic mass is 9.79. The zero-order valence-electron chi connectivity index (χ0n) is 20.5. The van der Waals surface area contributed by atoms with Gasteiger partial charge in [0.1, 0.15) is 46.7 Å². The fraction of sp³-hybridized carbons (Fsp3) is 0.200. The summed E-state index contributed by atoms with van der Waals surface area (Å²) in [7, 11) is 0. The Labute approximate surface area is 223 Å². The van der Waals surface area contributed by atoms with Gasteiger partial charge in [-0.15, -0.1) is 0 Å². The summed E-state index contributed by atoms with van der Waals surface area (Å²) < 4.78 is 12.5. The van der Waals surface area contributed by atoms with E-state index >= 15 is 0 Å². The van der Waals surface area contributed by atoms with E-state index in [9.17, 15) is 35.7 Å². The fourth-order valence-corrected chi connectivity index (χ4v) is 5.51. The van der Waals surface area contributed by atoms with Crippen molar-refractivity contribution in [2.75, 3.05) is 0 Å². The van der Waals surface area contributed by atoms with E-state index in [4.69, 9.17) is 9.47 Å². The van der Waals surface area contributed by atoms with Gasteiger partial charge in [0.25, 0.3) is 0 Å². The van der Waals surface area contributed by atoms with Gasteiger partial charge < -0.3 is 45.2 Å². The lowest BCUT2D eigenvalue weighted by Crippen LogP contribution is -2.31. The average Bonchev–Trinajstić information content (AvgIpc) is 2.90. The minimum absolute atomic E-state index is 0.00221. The lowest BCUT2D eigenvalue weighted by molar-refractivity contribution is 0.0184. The van der Waals surface area contributed by atoms with Gasteiger partial charge in [0.05, 0.1) is 6.10 Å². The summed E-state index contributed by atoms with van der Waals surface area (Å²) >= 11 is 0. The second kappa shape index (κ2) is 9.21. The summed E-state index contributed by atoms with van der Waals surface area (Å²) in [5.74, 6) is -0.935. The van der Waals surface area contributed by atoms with E-state index in [-0.39, 0.29) is 46.7 Å². The molecule has 9 nitrogen and oxygen atoms in total. The van der Waals surface area contributed by atoms with Crippen LogP contribution >= 0.6 is 0 Å². The van der Waals surface area contributed by atoms with Crippen LogP contribution in [0.5, 0.6) is 46.0 Å². The van der Waals surface area contributed by atoms with E-state index in [1.54, 1.807) is 30.3 Å². The molecular weight excluding hydrogens is 504 g/mol. The maximum absolute atomic E-state index is 11.2. The van der Waals surface area contributed by atoms with Crippen LogP contribution in [0.15, 0.2) is 66.7 Å². The first-order valence-corrected chi connectivity index (χ1v) is 12.4. The highest BCUT2D eigenvalue weighted by molar-refractivity contribution is 5.63. The molecule has 2 aliphatic rings. The summed E-state index contributed by atoms with van der Waals surface area (Å²) in [6.45, 7) is 0. The first-order chi connectivity index (χ1) is 18.7. The predicted octanol–water partition coefficient (Wildman–Crippen LogP) is 4.61. The minimum Gasteiger partial charge on any atom is -0.508 e. The van der Waals surface area contributed by atoms with Crippen molar-refractivity contribution in [2.45, 2.75) is 37.1 Å². The number of aliphatic hydroxyl groups is 1. The molecule has 0 fully saturated rings. The van der Waals surface area contributed by atoms with Crippen molar-refractivity contribution in [1.29, 1.82) is 0 Å². The molecule has 4 atom stereocenters. The van der Waals surface area contributed by atoms with Gasteiger partial charge in [-0.3, -0.25) is 0 Å². The van der Waals surface area contributed by atoms with Crippen molar-refractivity contribution in [1.82, 2.24) is 0 Å². The van der Waals surface area contributed by atoms with Crippen LogP contribution in [0.4, 0.5) is 0 Å². The van der Waals surface area contributed by atoms with Crippen LogP contribution in [-0.2, 0) is 6.42 Å². The van der Waals surface area contributed by atoms with Gasteiger partial charge in [-0.05, 0) is 47.9 Å². The maximum atomic E-state index is 11.2. The van der Waals surface area contributed by atoms with E-state index in [0.29, 0.717) is 34.4 Å². The van der Waals surface area contributed by atoms with Crippen LogP contribution in [0.1, 0.15) is 52.4 Å². The van der Waals surface area contributed by atoms with Gasteiger partial charge in [-0.25, -0.2) is 0 Å². The molecule has 2 aliphatic heterocycles. The summed E-state index contributed by atoms with van der Waals surface area (Å²) in [5.41, 5.74) is 2.55. The van der Waals surface area contributed by atoms with E-state index < -0.39 is 24.2 Å². The third-order valence-electron chi connectivity index (χ3n) is 7.42. The van der Waals surface area contributed by atoms with Crippen LogP contribution < -0.4 is 9.47 Å². The smallest absolute Gasteiger partial charge is 0.157 e. The molecule has 0 radical (unpaired) electrons. The number of benzene rings is 4. The largest absolute Gasteiger partial charge is 0.508 e. The molecule has 2 heterocycles. The number of aromatic hydroxyl groups is 6. The molecule has 3 unspecified atom stereocenters. The van der Waals surface area contributed by atoms with Crippen LogP contribution in [0.3, 0.4) is 0 Å². The summed E-state index contributed by atoms with van der Waals surface area (Å²) in [5, 5.41) is 72.5. The molecule has 7 N–H and O–H groups in total. The van der Waals surface area contributed by atoms with Crippen molar-refractivity contribution in [3.63, 3.8) is 0 Å². The Hall–Kier alpha value is -4.76. The molecule has 0 spiro atoms. The van der Waals surface area contributed by atoms with Gasteiger partial charge in [0, 0.05) is 41.2 Å². The Morgan fingerprint density at radius 1 is 0.641 bits per heavy atom. The van der Waals surface area contributed by atoms with Crippen molar-refractivity contribution in [3.05, 3.63) is 94.5 Å². The monoisotopic (exact) mass is 530 g/mol. The number of hydrogen-bond acceptors (Lipinski definition) is 9. The van der Waals surface area contributed by atoms with Gasteiger partial charge >= 0.3 is 0 Å². The number of fused-ring (bicyclic) bond motifs is 2. The summed E-state index contributed by atoms with van der Waals surface area (Å²) in [6.07, 6.45) is -2.20. The first-order valence-electron chi connectivity index (χ1n) is 12.4. The second-order valence-electron chi connectivity index (χ2n) is 9.90. The minimum atomic E-state index is -1.09. The van der Waals surface area contributed by atoms with E-state index in [0.717, 1.165) is 5.56 Å². The molecule has 39 heavy (non-hydrogen) atoms. The highest BCUT2D eigenvalue weighted by atomic mass is 16.5. The molecule has 0 aromatic heterocycles. The number of hydrogen-bond donors (Lipinski definition) is 7. The van der Waals surface area contributed by atoms with Gasteiger partial charge in [0.2, 0.25) is 0 Å². The SMILES string of the molecule is Oc1ccc(C2CC(c3c(O)cc(O)c4c3OC(c3ccc(O)c(O)c3)[C@@H](O)C4)c3ccc(O)cc3O2)cc1. The molecule has 0 saturated carbocycles. The highest BCUT2D eigenvalue weighted by Crippen LogP contribution is 2.55. The third-order valence-corrected chi connectivity index (χ3v) is 7.42. The van der Waals surface area contributed by atoms with Crippen molar-refractivity contribution < 1.29 is 45.2 Å². The number of phenolic OH excluding ortho intramolecular Hbond substituents is 6. The van der Waals surface area contributed by atoms with Gasteiger partial charge in [-0.2, -0.15) is 0 Å². The number of ether oxygens (including phenoxy) is 2. The zero-order chi connectivity index (χ0) is 27.4. The van der Waals surface area contributed by atoms with Crippen LogP contribution in [0, 0.1) is 0 Å². The Morgan fingerprint density at radius 3 is 2.10 bits per heavy atom. The molecule has 9 heteroatoms. The number of rotatable bonds is 3. The fourth-order valence-electron chi connectivity index (χ4n) is 5.51. The van der Waals surface area contributed by atoms with Crippen molar-refractivity contribution >= 4 is 0 Å². The van der Waals surface area contributed by atoms with Gasteiger partial charge in [0.15, 0.2) is 11.5 Å². The van der Waals surface area contributed by atoms with Crippen LogP contribution in [0.2, 0.25) is 0 Å². The standard InChI is InChI=1S/C30H26O9/c31-16-4-1-14(2-5-16)26-12-19(18-7-6-17(32)10-27(18)38-26)28-24(36)13-22(34)20-11-25(37)29(39-30(20)28)15-3-8-21(33)23(35)9-15/h1-10,13,19,25-26,29,31-37H,11-12H2/t19?,25-,26?,29?/m0/s1. The molecule has 6 rings (SSSR count). The Kier molecular flexibility index (Phi) is 5.80. The zero-order valence-corrected chi connectivity index (χ0v) is 20.5. The van der Waals surface area contributed by atoms with Crippen molar-refractivity contribution in [2.24, 2.45) is 0 Å². The molecule has 0 bridgehead atoms. The lowest BCUT2D eigenvalue weighted by Gasteiger charge is -2.37. The second-order valence-corrected chi connectivity index (χ2v) is 9.90. The normalized spacial score (nSPS) is 21.8. The maximum Gasteiger partial charge on any atom is 0.157 e. The molecule has 200 valence electrons. The summed E-state index contributed by atoms with van der Waals surface area (Å²) in [6, 6.07) is 16.6. The quantitative estimate of drug-likeness (QED) is 0.188. The van der Waals surface area contributed by atoms with E-state index in [1.807, 2.05) is 0 Å². The van der Waals surface area contributed by atoms with Crippen molar-refractivity contribution in [3.8, 4) is 46.0 Å². The summed E-state index contributed by atoms with van der Waals surface area (Å²) in [4.78, 5) is 0. The predicted molar refractivity (Wildman–Crippen MR) is 139 cm³/mol. The molecular formula is C30H26O9. The molecule has 0 saturated heterocycles. The molecule has 4 aromatic carbocycles. The number of phenols is 6.